The standard InChI is InChI=1S/C20H32N4O3/c1-13-11-16(23-14(2)22-13)18(25)24-17(15-9-7-6-8-10-15)12-21-19(26)27-20(3,4)5/h11,15,17H,6-10,12H2,1-5H3,(H,21,26)(H,24,25)/t17-/m0/s1. The van der Waals surface area contributed by atoms with Gasteiger partial charge in [-0.15, -0.1) is 0 Å². The summed E-state index contributed by atoms with van der Waals surface area (Å²) >= 11 is 0. The van der Waals surface area contributed by atoms with Crippen molar-refractivity contribution < 1.29 is 14.3 Å². The van der Waals surface area contributed by atoms with Crippen LogP contribution >= 0.6 is 0 Å². The van der Waals surface area contributed by atoms with Crippen LogP contribution in [0.3, 0.4) is 0 Å². The van der Waals surface area contributed by atoms with Crippen LogP contribution in [0.2, 0.25) is 0 Å². The molecule has 0 aromatic carbocycles. The molecule has 0 unspecified atom stereocenters. The maximum atomic E-state index is 12.7. The third-order valence-electron chi connectivity index (χ3n) is 4.60. The first-order valence-corrected chi connectivity index (χ1v) is 9.74. The predicted molar refractivity (Wildman–Crippen MR) is 104 cm³/mol. The van der Waals surface area contributed by atoms with E-state index in [2.05, 4.69) is 20.6 Å². The zero-order valence-electron chi connectivity index (χ0n) is 17.1. The molecule has 7 heteroatoms. The lowest BCUT2D eigenvalue weighted by Crippen LogP contribution is -2.49. The predicted octanol–water partition coefficient (Wildman–Crippen LogP) is 3.30. The van der Waals surface area contributed by atoms with E-state index in [9.17, 15) is 9.59 Å². The Morgan fingerprint density at radius 3 is 2.44 bits per heavy atom. The fourth-order valence-corrected chi connectivity index (χ4v) is 3.46. The first-order valence-electron chi connectivity index (χ1n) is 9.74. The SMILES string of the molecule is Cc1cc(C(=O)N[C@@H](CNC(=O)OC(C)(C)C)C2CCCCC2)nc(C)n1. The molecule has 2 amide bonds. The van der Waals surface area contributed by atoms with Crippen molar-refractivity contribution >= 4 is 12.0 Å². The third-order valence-corrected chi connectivity index (χ3v) is 4.60. The van der Waals surface area contributed by atoms with Gasteiger partial charge >= 0.3 is 6.09 Å². The number of ether oxygens (including phenoxy) is 1. The molecule has 0 radical (unpaired) electrons. The average molecular weight is 377 g/mol. The van der Waals surface area contributed by atoms with Crippen molar-refractivity contribution in [2.45, 2.75) is 78.4 Å². The molecule has 1 aromatic heterocycles. The largest absolute Gasteiger partial charge is 0.444 e. The second-order valence-corrected chi connectivity index (χ2v) is 8.30. The summed E-state index contributed by atoms with van der Waals surface area (Å²) in [6.45, 7) is 9.43. The Morgan fingerprint density at radius 1 is 1.19 bits per heavy atom. The van der Waals surface area contributed by atoms with Crippen molar-refractivity contribution in [2.75, 3.05) is 6.54 Å². The number of carbonyl (C=O) groups excluding carboxylic acids is 2. The first-order chi connectivity index (χ1) is 12.6. The Kier molecular flexibility index (Phi) is 7.16. The van der Waals surface area contributed by atoms with Crippen molar-refractivity contribution in [3.05, 3.63) is 23.3 Å². The van der Waals surface area contributed by atoms with E-state index in [-0.39, 0.29) is 11.9 Å². The highest BCUT2D eigenvalue weighted by atomic mass is 16.6. The fourth-order valence-electron chi connectivity index (χ4n) is 3.46. The number of rotatable bonds is 5. The maximum Gasteiger partial charge on any atom is 0.407 e. The molecular weight excluding hydrogens is 344 g/mol. The second-order valence-electron chi connectivity index (χ2n) is 8.30. The van der Waals surface area contributed by atoms with Gasteiger partial charge in [-0.05, 0) is 59.4 Å². The summed E-state index contributed by atoms with van der Waals surface area (Å²) in [7, 11) is 0. The van der Waals surface area contributed by atoms with Crippen molar-refractivity contribution in [3.8, 4) is 0 Å². The van der Waals surface area contributed by atoms with E-state index in [0.717, 1.165) is 31.4 Å². The van der Waals surface area contributed by atoms with E-state index >= 15 is 0 Å². The minimum absolute atomic E-state index is 0.152. The first kappa shape index (κ1) is 21.1. The van der Waals surface area contributed by atoms with Crippen LogP contribution in [-0.4, -0.2) is 40.2 Å². The highest BCUT2D eigenvalue weighted by Gasteiger charge is 2.27. The molecule has 150 valence electrons. The Balaban J connectivity index is 2.05. The van der Waals surface area contributed by atoms with Gasteiger partial charge < -0.3 is 15.4 Å². The molecule has 0 bridgehead atoms. The second kappa shape index (κ2) is 9.15. The van der Waals surface area contributed by atoms with E-state index in [1.165, 1.54) is 6.42 Å². The van der Waals surface area contributed by atoms with Gasteiger partial charge in [-0.2, -0.15) is 0 Å². The number of hydrogen-bond acceptors (Lipinski definition) is 5. The van der Waals surface area contributed by atoms with Crippen molar-refractivity contribution in [1.82, 2.24) is 20.6 Å². The van der Waals surface area contributed by atoms with Gasteiger partial charge in [-0.1, -0.05) is 19.3 Å². The van der Waals surface area contributed by atoms with Gasteiger partial charge in [0.15, 0.2) is 0 Å². The molecule has 7 nitrogen and oxygen atoms in total. The van der Waals surface area contributed by atoms with Crippen molar-refractivity contribution in [3.63, 3.8) is 0 Å². The van der Waals surface area contributed by atoms with E-state index < -0.39 is 11.7 Å². The van der Waals surface area contributed by atoms with E-state index in [1.54, 1.807) is 13.0 Å². The summed E-state index contributed by atoms with van der Waals surface area (Å²) in [6.07, 6.45) is 5.14. The summed E-state index contributed by atoms with van der Waals surface area (Å²) in [6, 6.07) is 1.53. The maximum absolute atomic E-state index is 12.7. The van der Waals surface area contributed by atoms with Crippen LogP contribution in [0.5, 0.6) is 0 Å². The zero-order chi connectivity index (χ0) is 20.0. The number of aryl methyl sites for hydroxylation is 2. The molecule has 2 N–H and O–H groups in total. The normalized spacial score (nSPS) is 16.5. The summed E-state index contributed by atoms with van der Waals surface area (Å²) in [4.78, 5) is 33.2. The van der Waals surface area contributed by atoms with E-state index in [4.69, 9.17) is 4.74 Å². The lowest BCUT2D eigenvalue weighted by molar-refractivity contribution is 0.0512. The molecule has 0 aliphatic heterocycles. The van der Waals surface area contributed by atoms with E-state index in [0.29, 0.717) is 24.0 Å². The minimum atomic E-state index is -0.552. The van der Waals surface area contributed by atoms with Gasteiger partial charge in [-0.3, -0.25) is 4.79 Å². The summed E-state index contributed by atoms with van der Waals surface area (Å²) < 4.78 is 5.31. The number of carbonyl (C=O) groups is 2. The number of hydrogen-bond donors (Lipinski definition) is 2. The quantitative estimate of drug-likeness (QED) is 0.822. The van der Waals surface area contributed by atoms with Crippen molar-refractivity contribution in [2.24, 2.45) is 5.92 Å². The van der Waals surface area contributed by atoms with Gasteiger partial charge in [0, 0.05) is 18.3 Å². The van der Waals surface area contributed by atoms with Gasteiger partial charge in [-0.25, -0.2) is 14.8 Å². The molecule has 0 spiro atoms. The van der Waals surface area contributed by atoms with Crippen LogP contribution in [0.1, 0.15) is 74.9 Å². The number of nitrogens with zero attached hydrogens (tertiary/aromatic N) is 2. The monoisotopic (exact) mass is 376 g/mol. The molecular formula is C20H32N4O3. The highest BCUT2D eigenvalue weighted by molar-refractivity contribution is 5.92. The van der Waals surface area contributed by atoms with Crippen LogP contribution in [0.15, 0.2) is 6.07 Å². The number of nitrogens with one attached hydrogen (secondary N) is 2. The van der Waals surface area contributed by atoms with Crippen LogP contribution in [0, 0.1) is 19.8 Å². The fraction of sp³-hybridized carbons (Fsp3) is 0.700. The molecule has 1 fully saturated rings. The molecule has 2 rings (SSSR count). The van der Waals surface area contributed by atoms with Gasteiger partial charge in [0.25, 0.3) is 5.91 Å². The smallest absolute Gasteiger partial charge is 0.407 e. The van der Waals surface area contributed by atoms with Crippen LogP contribution in [-0.2, 0) is 4.74 Å². The van der Waals surface area contributed by atoms with Crippen LogP contribution in [0.4, 0.5) is 4.79 Å². The topological polar surface area (TPSA) is 93.2 Å². The number of alkyl carbamates (subject to hydrolysis) is 1. The third kappa shape index (κ3) is 7.15. The highest BCUT2D eigenvalue weighted by Crippen LogP contribution is 2.26. The van der Waals surface area contributed by atoms with Gasteiger partial charge in [0.1, 0.15) is 17.1 Å². The molecule has 1 atom stereocenters. The van der Waals surface area contributed by atoms with E-state index in [1.807, 2.05) is 27.7 Å². The summed E-state index contributed by atoms with van der Waals surface area (Å²) in [5.74, 6) is 0.674. The molecule has 1 aliphatic rings. The summed E-state index contributed by atoms with van der Waals surface area (Å²) in [5, 5.41) is 5.88. The lowest BCUT2D eigenvalue weighted by Gasteiger charge is -2.31. The van der Waals surface area contributed by atoms with Crippen LogP contribution < -0.4 is 10.6 Å². The van der Waals surface area contributed by atoms with Crippen LogP contribution in [0.25, 0.3) is 0 Å². The van der Waals surface area contributed by atoms with Crippen molar-refractivity contribution in [1.29, 1.82) is 0 Å². The number of aromatic nitrogens is 2. The Labute approximate surface area is 161 Å². The molecule has 1 aliphatic carbocycles. The Bertz CT molecular complexity index is 643. The van der Waals surface area contributed by atoms with Gasteiger partial charge in [0.2, 0.25) is 0 Å². The molecule has 1 aromatic rings. The molecule has 1 saturated carbocycles. The Morgan fingerprint density at radius 2 is 1.85 bits per heavy atom. The molecule has 0 saturated heterocycles. The van der Waals surface area contributed by atoms with Gasteiger partial charge in [0.05, 0.1) is 0 Å². The zero-order valence-corrected chi connectivity index (χ0v) is 17.1. The number of amides is 2. The summed E-state index contributed by atoms with van der Waals surface area (Å²) in [5.41, 5.74) is 0.566. The average Bonchev–Trinajstić information content (AvgIpc) is 2.56. The minimum Gasteiger partial charge on any atom is -0.444 e. The molecule has 1 heterocycles. The molecule has 27 heavy (non-hydrogen) atoms. The Hall–Kier alpha value is -2.18. The lowest BCUT2D eigenvalue weighted by atomic mass is 9.83.